The second-order valence-electron chi connectivity index (χ2n) is 6.10. The summed E-state index contributed by atoms with van der Waals surface area (Å²) in [5.41, 5.74) is 3.65. The maximum absolute atomic E-state index is 12.2. The number of nitrogens with one attached hydrogen (secondary N) is 1. The molecular formula is C21H20N2O4. The van der Waals surface area contributed by atoms with Gasteiger partial charge in [-0.25, -0.2) is 9.78 Å². The van der Waals surface area contributed by atoms with E-state index in [2.05, 4.69) is 9.97 Å². The molecule has 6 nitrogen and oxygen atoms in total. The summed E-state index contributed by atoms with van der Waals surface area (Å²) in [6.45, 7) is 3.57. The zero-order chi connectivity index (χ0) is 19.4. The first-order chi connectivity index (χ1) is 13.0. The van der Waals surface area contributed by atoms with Crippen molar-refractivity contribution in [2.75, 3.05) is 13.7 Å². The first-order valence-corrected chi connectivity index (χ1v) is 8.46. The highest BCUT2D eigenvalue weighted by molar-refractivity contribution is 5.99. The van der Waals surface area contributed by atoms with Crippen LogP contribution >= 0.6 is 0 Å². The van der Waals surface area contributed by atoms with Gasteiger partial charge in [-0.05, 0) is 50.2 Å². The molecule has 0 aliphatic carbocycles. The molecule has 0 aliphatic rings. The number of ketones is 1. The third-order valence-electron chi connectivity index (χ3n) is 4.27. The number of hydrogen-bond donors (Lipinski definition) is 1. The Labute approximate surface area is 157 Å². The highest BCUT2D eigenvalue weighted by Gasteiger charge is 2.13. The number of nitrogens with zero attached hydrogens (tertiary/aromatic N) is 1. The normalized spacial score (nSPS) is 10.5. The first kappa shape index (κ1) is 18.4. The largest absolute Gasteiger partial charge is 0.497 e. The number of ether oxygens (including phenoxy) is 2. The number of aromatic amines is 1. The molecule has 3 rings (SSSR count). The average molecular weight is 364 g/mol. The van der Waals surface area contributed by atoms with E-state index in [1.165, 1.54) is 0 Å². The molecule has 0 atom stereocenters. The summed E-state index contributed by atoms with van der Waals surface area (Å²) in [6, 6.07) is 13.5. The molecule has 138 valence electrons. The number of rotatable bonds is 6. The topological polar surface area (TPSA) is 81.3 Å². The Hall–Kier alpha value is -3.41. The number of carbonyl (C=O) groups is 2. The lowest BCUT2D eigenvalue weighted by molar-refractivity contribution is 0.0475. The predicted octanol–water partition coefficient (Wildman–Crippen LogP) is 3.74. The van der Waals surface area contributed by atoms with Crippen LogP contribution < -0.4 is 4.74 Å². The molecule has 1 N–H and O–H groups in total. The maximum atomic E-state index is 12.2. The van der Waals surface area contributed by atoms with Gasteiger partial charge in [0.25, 0.3) is 0 Å². The monoisotopic (exact) mass is 364 g/mol. The van der Waals surface area contributed by atoms with Crippen molar-refractivity contribution in [3.63, 3.8) is 0 Å². The summed E-state index contributed by atoms with van der Waals surface area (Å²) in [5, 5.41) is 0. The van der Waals surface area contributed by atoms with Gasteiger partial charge in [-0.15, -0.1) is 0 Å². The van der Waals surface area contributed by atoms with Gasteiger partial charge in [0.05, 0.1) is 18.4 Å². The van der Waals surface area contributed by atoms with Crippen LogP contribution in [-0.4, -0.2) is 35.4 Å². The van der Waals surface area contributed by atoms with Crippen LogP contribution in [0.25, 0.3) is 11.4 Å². The molecule has 0 unspecified atom stereocenters. The van der Waals surface area contributed by atoms with E-state index in [9.17, 15) is 9.59 Å². The number of H-pyrrole nitrogens is 1. The van der Waals surface area contributed by atoms with Crippen molar-refractivity contribution in [3.05, 3.63) is 71.0 Å². The van der Waals surface area contributed by atoms with Crippen LogP contribution in [0.5, 0.6) is 5.75 Å². The van der Waals surface area contributed by atoms with Crippen LogP contribution in [0, 0.1) is 13.8 Å². The second-order valence-corrected chi connectivity index (χ2v) is 6.10. The lowest BCUT2D eigenvalue weighted by Crippen LogP contribution is -2.14. The third kappa shape index (κ3) is 4.23. The zero-order valence-corrected chi connectivity index (χ0v) is 15.4. The number of Topliss-reactive ketones (excluding diaryl/α,β-unsaturated/α-hetero) is 1. The molecule has 6 heteroatoms. The molecule has 0 bridgehead atoms. The van der Waals surface area contributed by atoms with Crippen molar-refractivity contribution in [3.8, 4) is 17.1 Å². The predicted molar refractivity (Wildman–Crippen MR) is 101 cm³/mol. The van der Waals surface area contributed by atoms with Gasteiger partial charge >= 0.3 is 5.97 Å². The first-order valence-electron chi connectivity index (χ1n) is 8.46. The standard InChI is InChI=1S/C21H20N2O4/c1-13-14(2)23-20(22-13)16-4-6-17(7-5-16)21(25)27-12-19(24)15-8-10-18(26-3)11-9-15/h4-11H,12H2,1-3H3,(H,22,23). The van der Waals surface area contributed by atoms with Crippen LogP contribution in [0.1, 0.15) is 32.1 Å². The quantitative estimate of drug-likeness (QED) is 0.532. The summed E-state index contributed by atoms with van der Waals surface area (Å²) in [5.74, 6) is 0.588. The number of esters is 1. The van der Waals surface area contributed by atoms with Crippen molar-refractivity contribution in [2.24, 2.45) is 0 Å². The third-order valence-corrected chi connectivity index (χ3v) is 4.27. The van der Waals surface area contributed by atoms with Crippen molar-refractivity contribution < 1.29 is 19.1 Å². The molecule has 0 saturated heterocycles. The average Bonchev–Trinajstić information content (AvgIpc) is 3.04. The van der Waals surface area contributed by atoms with E-state index in [0.717, 1.165) is 22.8 Å². The summed E-state index contributed by atoms with van der Waals surface area (Å²) in [7, 11) is 1.55. The molecule has 27 heavy (non-hydrogen) atoms. The molecular weight excluding hydrogens is 344 g/mol. The van der Waals surface area contributed by atoms with Crippen molar-refractivity contribution in [1.29, 1.82) is 0 Å². The van der Waals surface area contributed by atoms with E-state index in [-0.39, 0.29) is 12.4 Å². The van der Waals surface area contributed by atoms with Crippen LogP contribution in [0.15, 0.2) is 48.5 Å². The molecule has 0 fully saturated rings. The molecule has 2 aromatic carbocycles. The SMILES string of the molecule is COc1ccc(C(=O)COC(=O)c2ccc(-c3nc(C)c(C)[nH]3)cc2)cc1. The highest BCUT2D eigenvalue weighted by Crippen LogP contribution is 2.19. The van der Waals surface area contributed by atoms with E-state index in [1.807, 2.05) is 13.8 Å². The van der Waals surface area contributed by atoms with E-state index in [0.29, 0.717) is 16.9 Å². The van der Waals surface area contributed by atoms with Crippen LogP contribution in [0.3, 0.4) is 0 Å². The fraction of sp³-hybridized carbons (Fsp3) is 0.190. The Bertz CT molecular complexity index is 937. The number of benzene rings is 2. The lowest BCUT2D eigenvalue weighted by atomic mass is 10.1. The molecule has 3 aromatic rings. The summed E-state index contributed by atoms with van der Waals surface area (Å²) < 4.78 is 10.2. The van der Waals surface area contributed by atoms with Gasteiger partial charge in [-0.2, -0.15) is 0 Å². The van der Waals surface area contributed by atoms with Gasteiger partial charge in [0, 0.05) is 16.8 Å². The van der Waals surface area contributed by atoms with Gasteiger partial charge in [0.1, 0.15) is 11.6 Å². The van der Waals surface area contributed by atoms with Gasteiger partial charge in [0.15, 0.2) is 12.4 Å². The number of methoxy groups -OCH3 is 1. The Balaban J connectivity index is 1.61. The minimum atomic E-state index is -0.546. The van der Waals surface area contributed by atoms with Gasteiger partial charge in [-0.3, -0.25) is 4.79 Å². The lowest BCUT2D eigenvalue weighted by Gasteiger charge is -2.06. The van der Waals surface area contributed by atoms with Gasteiger partial charge < -0.3 is 14.5 Å². The van der Waals surface area contributed by atoms with Crippen LogP contribution in [0.4, 0.5) is 0 Å². The van der Waals surface area contributed by atoms with E-state index >= 15 is 0 Å². The maximum Gasteiger partial charge on any atom is 0.338 e. The molecule has 1 aromatic heterocycles. The van der Waals surface area contributed by atoms with Crippen molar-refractivity contribution >= 4 is 11.8 Å². The van der Waals surface area contributed by atoms with Gasteiger partial charge in [0.2, 0.25) is 0 Å². The summed E-state index contributed by atoms with van der Waals surface area (Å²) in [6.07, 6.45) is 0. The highest BCUT2D eigenvalue weighted by atomic mass is 16.5. The Kier molecular flexibility index (Phi) is 5.35. The van der Waals surface area contributed by atoms with Gasteiger partial charge in [-0.1, -0.05) is 12.1 Å². The molecule has 0 amide bonds. The Morgan fingerprint density at radius 3 is 2.15 bits per heavy atom. The molecule has 0 saturated carbocycles. The van der Waals surface area contributed by atoms with Crippen LogP contribution in [-0.2, 0) is 4.74 Å². The second kappa shape index (κ2) is 7.86. The summed E-state index contributed by atoms with van der Waals surface area (Å²) >= 11 is 0. The minimum Gasteiger partial charge on any atom is -0.497 e. The number of carbonyl (C=O) groups excluding carboxylic acids is 2. The Morgan fingerprint density at radius 2 is 1.59 bits per heavy atom. The van der Waals surface area contributed by atoms with Crippen LogP contribution in [0.2, 0.25) is 0 Å². The Morgan fingerprint density at radius 1 is 0.963 bits per heavy atom. The number of aromatic nitrogens is 2. The minimum absolute atomic E-state index is 0.274. The van der Waals surface area contributed by atoms with E-state index in [4.69, 9.17) is 9.47 Å². The zero-order valence-electron chi connectivity index (χ0n) is 15.4. The smallest absolute Gasteiger partial charge is 0.338 e. The van der Waals surface area contributed by atoms with Crippen molar-refractivity contribution in [2.45, 2.75) is 13.8 Å². The number of hydrogen-bond acceptors (Lipinski definition) is 5. The number of imidazole rings is 1. The fourth-order valence-electron chi connectivity index (χ4n) is 2.52. The summed E-state index contributed by atoms with van der Waals surface area (Å²) in [4.78, 5) is 31.9. The molecule has 1 heterocycles. The fourth-order valence-corrected chi connectivity index (χ4v) is 2.52. The number of aryl methyl sites for hydroxylation is 2. The van der Waals surface area contributed by atoms with E-state index in [1.54, 1.807) is 55.6 Å². The molecule has 0 radical (unpaired) electrons. The molecule has 0 spiro atoms. The molecule has 0 aliphatic heterocycles. The van der Waals surface area contributed by atoms with E-state index < -0.39 is 5.97 Å². The van der Waals surface area contributed by atoms with Crippen molar-refractivity contribution in [1.82, 2.24) is 9.97 Å².